The molecule has 1 amide bonds. The van der Waals surface area contributed by atoms with Crippen molar-refractivity contribution in [1.82, 2.24) is 5.32 Å². The molecule has 0 heterocycles. The van der Waals surface area contributed by atoms with Gasteiger partial charge < -0.3 is 10.1 Å². The lowest BCUT2D eigenvalue weighted by atomic mass is 10.2. The first-order valence-electron chi connectivity index (χ1n) is 4.66. The molecule has 0 aliphatic heterocycles. The standard InChI is InChI=1S/C11H11FN2O2/c1-8-2-3-9(12)6-10(8)16-7-11(15)14-5-4-13/h2-3,6H,5,7H2,1H3,(H,14,15). The molecule has 1 rings (SSSR count). The monoisotopic (exact) mass is 222 g/mol. The number of hydrogen-bond acceptors (Lipinski definition) is 3. The molecule has 0 aliphatic rings. The van der Waals surface area contributed by atoms with Crippen LogP contribution in [0.4, 0.5) is 4.39 Å². The van der Waals surface area contributed by atoms with Crippen LogP contribution in [0.15, 0.2) is 18.2 Å². The second kappa shape index (κ2) is 5.71. The van der Waals surface area contributed by atoms with Gasteiger partial charge in [0.1, 0.15) is 18.1 Å². The maximum atomic E-state index is 12.9. The van der Waals surface area contributed by atoms with Crippen LogP contribution < -0.4 is 10.1 Å². The lowest BCUT2D eigenvalue weighted by Gasteiger charge is -2.08. The van der Waals surface area contributed by atoms with Crippen LogP contribution in [0.3, 0.4) is 0 Å². The first kappa shape index (κ1) is 12.0. The smallest absolute Gasteiger partial charge is 0.258 e. The zero-order valence-corrected chi connectivity index (χ0v) is 8.79. The predicted molar refractivity (Wildman–Crippen MR) is 55.3 cm³/mol. The van der Waals surface area contributed by atoms with E-state index in [4.69, 9.17) is 10.00 Å². The summed E-state index contributed by atoms with van der Waals surface area (Å²) in [5.74, 6) is -0.504. The molecule has 0 bridgehead atoms. The topological polar surface area (TPSA) is 62.1 Å². The van der Waals surface area contributed by atoms with Crippen LogP contribution in [0.25, 0.3) is 0 Å². The largest absolute Gasteiger partial charge is 0.483 e. The predicted octanol–water partition coefficient (Wildman–Crippen LogP) is 1.15. The fraction of sp³-hybridized carbons (Fsp3) is 0.273. The Morgan fingerprint density at radius 3 is 3.06 bits per heavy atom. The number of amides is 1. The Bertz CT molecular complexity index is 426. The second-order valence-corrected chi connectivity index (χ2v) is 3.13. The quantitative estimate of drug-likeness (QED) is 0.777. The Balaban J connectivity index is 2.51. The Kier molecular flexibility index (Phi) is 4.28. The first-order chi connectivity index (χ1) is 7.63. The van der Waals surface area contributed by atoms with Crippen molar-refractivity contribution in [1.29, 1.82) is 5.26 Å². The molecule has 4 nitrogen and oxygen atoms in total. The van der Waals surface area contributed by atoms with Gasteiger partial charge >= 0.3 is 0 Å². The average Bonchev–Trinajstić information content (AvgIpc) is 2.27. The number of ether oxygens (including phenoxy) is 1. The average molecular weight is 222 g/mol. The van der Waals surface area contributed by atoms with E-state index in [1.165, 1.54) is 12.1 Å². The molecular weight excluding hydrogens is 211 g/mol. The third-order valence-electron chi connectivity index (χ3n) is 1.87. The van der Waals surface area contributed by atoms with Gasteiger partial charge in [-0.2, -0.15) is 5.26 Å². The number of nitrogens with one attached hydrogen (secondary N) is 1. The fourth-order valence-electron chi connectivity index (χ4n) is 1.06. The zero-order chi connectivity index (χ0) is 12.0. The molecule has 0 radical (unpaired) electrons. The summed E-state index contributed by atoms with van der Waals surface area (Å²) >= 11 is 0. The van der Waals surface area contributed by atoms with E-state index < -0.39 is 11.7 Å². The molecule has 0 fully saturated rings. The maximum absolute atomic E-state index is 12.9. The van der Waals surface area contributed by atoms with Crippen molar-refractivity contribution < 1.29 is 13.9 Å². The molecule has 0 unspecified atom stereocenters. The summed E-state index contributed by atoms with van der Waals surface area (Å²) in [5, 5.41) is 10.5. The van der Waals surface area contributed by atoms with Gasteiger partial charge in [0.05, 0.1) is 6.07 Å². The highest BCUT2D eigenvalue weighted by atomic mass is 19.1. The van der Waals surface area contributed by atoms with Crippen molar-refractivity contribution in [3.05, 3.63) is 29.6 Å². The molecule has 1 aromatic carbocycles. The lowest BCUT2D eigenvalue weighted by Crippen LogP contribution is -2.29. The summed E-state index contributed by atoms with van der Waals surface area (Å²) in [6.45, 7) is 1.46. The van der Waals surface area contributed by atoms with Gasteiger partial charge in [0.15, 0.2) is 6.61 Å². The third-order valence-corrected chi connectivity index (χ3v) is 1.87. The van der Waals surface area contributed by atoms with Crippen LogP contribution >= 0.6 is 0 Å². The minimum atomic E-state index is -0.418. The summed E-state index contributed by atoms with van der Waals surface area (Å²) in [7, 11) is 0. The van der Waals surface area contributed by atoms with Gasteiger partial charge in [0.25, 0.3) is 5.91 Å². The number of rotatable bonds is 4. The molecule has 0 saturated carbocycles. The van der Waals surface area contributed by atoms with E-state index in [1.807, 2.05) is 0 Å². The van der Waals surface area contributed by atoms with Gasteiger partial charge in [0, 0.05) is 6.07 Å². The Morgan fingerprint density at radius 1 is 1.62 bits per heavy atom. The van der Waals surface area contributed by atoms with Crippen molar-refractivity contribution in [2.75, 3.05) is 13.2 Å². The van der Waals surface area contributed by atoms with Crippen LogP contribution in [-0.4, -0.2) is 19.1 Å². The van der Waals surface area contributed by atoms with Gasteiger partial charge in [-0.15, -0.1) is 0 Å². The van der Waals surface area contributed by atoms with Crippen molar-refractivity contribution in [3.63, 3.8) is 0 Å². The van der Waals surface area contributed by atoms with Crippen LogP contribution in [-0.2, 0) is 4.79 Å². The van der Waals surface area contributed by atoms with E-state index in [1.54, 1.807) is 19.1 Å². The number of benzene rings is 1. The molecule has 0 aliphatic carbocycles. The van der Waals surface area contributed by atoms with Crippen LogP contribution in [0, 0.1) is 24.1 Å². The Hall–Kier alpha value is -2.09. The summed E-state index contributed by atoms with van der Waals surface area (Å²) < 4.78 is 18.0. The molecule has 16 heavy (non-hydrogen) atoms. The minimum Gasteiger partial charge on any atom is -0.483 e. The minimum absolute atomic E-state index is 0.0652. The zero-order valence-electron chi connectivity index (χ0n) is 8.79. The summed E-state index contributed by atoms with van der Waals surface area (Å²) in [6, 6.07) is 5.87. The van der Waals surface area contributed by atoms with E-state index in [2.05, 4.69) is 5.32 Å². The normalized spacial score (nSPS) is 9.31. The van der Waals surface area contributed by atoms with Crippen molar-refractivity contribution >= 4 is 5.91 Å². The molecule has 0 spiro atoms. The van der Waals surface area contributed by atoms with E-state index >= 15 is 0 Å². The number of carbonyl (C=O) groups is 1. The molecule has 5 heteroatoms. The second-order valence-electron chi connectivity index (χ2n) is 3.13. The SMILES string of the molecule is Cc1ccc(F)cc1OCC(=O)NCC#N. The van der Waals surface area contributed by atoms with Gasteiger partial charge in [0.2, 0.25) is 0 Å². The molecule has 1 N–H and O–H groups in total. The fourth-order valence-corrected chi connectivity index (χ4v) is 1.06. The van der Waals surface area contributed by atoms with E-state index in [9.17, 15) is 9.18 Å². The Morgan fingerprint density at radius 2 is 2.38 bits per heavy atom. The lowest BCUT2D eigenvalue weighted by molar-refractivity contribution is -0.122. The molecule has 84 valence electrons. The summed E-state index contributed by atoms with van der Waals surface area (Å²) in [6.07, 6.45) is 0. The third kappa shape index (κ3) is 3.58. The van der Waals surface area contributed by atoms with Crippen molar-refractivity contribution in [3.8, 4) is 11.8 Å². The number of halogens is 1. The summed E-state index contributed by atoms with van der Waals surface area (Å²) in [5.41, 5.74) is 0.745. The molecular formula is C11H11FN2O2. The molecule has 0 saturated heterocycles. The highest BCUT2D eigenvalue weighted by molar-refractivity contribution is 5.77. The first-order valence-corrected chi connectivity index (χ1v) is 4.66. The van der Waals surface area contributed by atoms with Crippen molar-refractivity contribution in [2.24, 2.45) is 0 Å². The van der Waals surface area contributed by atoms with Gasteiger partial charge in [-0.25, -0.2) is 4.39 Å². The Labute approximate surface area is 92.6 Å². The number of hydrogen-bond donors (Lipinski definition) is 1. The number of carbonyl (C=O) groups excluding carboxylic acids is 1. The van der Waals surface area contributed by atoms with E-state index in [0.29, 0.717) is 5.75 Å². The van der Waals surface area contributed by atoms with Crippen LogP contribution in [0.1, 0.15) is 5.56 Å². The van der Waals surface area contributed by atoms with E-state index in [-0.39, 0.29) is 13.2 Å². The van der Waals surface area contributed by atoms with Gasteiger partial charge in [-0.05, 0) is 18.6 Å². The number of nitriles is 1. The highest BCUT2D eigenvalue weighted by Gasteiger charge is 2.05. The molecule has 0 aromatic heterocycles. The van der Waals surface area contributed by atoms with Crippen LogP contribution in [0.5, 0.6) is 5.75 Å². The van der Waals surface area contributed by atoms with Gasteiger partial charge in [-0.3, -0.25) is 4.79 Å². The number of nitrogens with zero attached hydrogens (tertiary/aromatic N) is 1. The van der Waals surface area contributed by atoms with Crippen LogP contribution in [0.2, 0.25) is 0 Å². The maximum Gasteiger partial charge on any atom is 0.258 e. The highest BCUT2D eigenvalue weighted by Crippen LogP contribution is 2.18. The van der Waals surface area contributed by atoms with Gasteiger partial charge in [-0.1, -0.05) is 6.07 Å². The summed E-state index contributed by atoms with van der Waals surface area (Å²) in [4.78, 5) is 11.1. The molecule has 1 aromatic rings. The van der Waals surface area contributed by atoms with Crippen molar-refractivity contribution in [2.45, 2.75) is 6.92 Å². The molecule has 0 atom stereocenters. The number of aryl methyl sites for hydroxylation is 1. The van der Waals surface area contributed by atoms with E-state index in [0.717, 1.165) is 5.56 Å².